The lowest BCUT2D eigenvalue weighted by atomic mass is 10.4. The first-order chi connectivity index (χ1) is 7.87. The highest BCUT2D eigenvalue weighted by Crippen LogP contribution is 1.96. The third-order valence-electron chi connectivity index (χ3n) is 1.89. The molecule has 0 atom stereocenters. The van der Waals surface area contributed by atoms with Crippen LogP contribution in [-0.4, -0.2) is 36.4 Å². The highest BCUT2D eigenvalue weighted by atomic mass is 32.2. The van der Waals surface area contributed by atoms with Crippen LogP contribution < -0.4 is 16.2 Å². The Morgan fingerprint density at radius 2 is 2.24 bits per heavy atom. The smallest absolute Gasteiger partial charge is 0.241 e. The zero-order chi connectivity index (χ0) is 12.9. The van der Waals surface area contributed by atoms with Crippen LogP contribution in [0.4, 0.5) is 5.69 Å². The lowest BCUT2D eigenvalue weighted by molar-refractivity contribution is -0.121. The van der Waals surface area contributed by atoms with E-state index in [4.69, 9.17) is 10.9 Å². The Hall–Kier alpha value is -1.61. The minimum atomic E-state index is -3.46. The molecule has 0 bridgehead atoms. The monoisotopic (exact) mass is 261 g/mol. The number of hydrogen-bond acceptors (Lipinski definition) is 5. The van der Waals surface area contributed by atoms with E-state index in [1.807, 2.05) is 0 Å². The normalized spacial score (nSPS) is 11.4. The standard InChI is InChI=1S/C8H15N5O3S/c9-7-4-12-13(5-7)6-8(14)11-2-1-3-17(10,15)16/h4-5H,1-3,6,9H2,(H,11,14)(H2,10,15,16). The Bertz CT molecular complexity index is 481. The van der Waals surface area contributed by atoms with Gasteiger partial charge >= 0.3 is 0 Å². The first kappa shape index (κ1) is 13.5. The molecule has 0 saturated heterocycles. The Balaban J connectivity index is 2.22. The molecule has 0 radical (unpaired) electrons. The average Bonchev–Trinajstić information content (AvgIpc) is 2.57. The van der Waals surface area contributed by atoms with E-state index in [0.717, 1.165) is 0 Å². The number of nitrogens with two attached hydrogens (primary N) is 2. The minimum Gasteiger partial charge on any atom is -0.396 e. The van der Waals surface area contributed by atoms with Crippen molar-refractivity contribution in [1.82, 2.24) is 15.1 Å². The number of nitrogens with one attached hydrogen (secondary N) is 1. The fraction of sp³-hybridized carbons (Fsp3) is 0.500. The number of carbonyl (C=O) groups is 1. The van der Waals surface area contributed by atoms with Crippen molar-refractivity contribution in [1.29, 1.82) is 0 Å². The molecule has 1 aromatic heterocycles. The van der Waals surface area contributed by atoms with Crippen molar-refractivity contribution >= 4 is 21.6 Å². The summed E-state index contributed by atoms with van der Waals surface area (Å²) < 4.78 is 22.6. The Morgan fingerprint density at radius 3 is 2.76 bits per heavy atom. The molecule has 8 nitrogen and oxygen atoms in total. The Kier molecular flexibility index (Phi) is 4.46. The van der Waals surface area contributed by atoms with E-state index in [9.17, 15) is 13.2 Å². The molecule has 0 saturated carbocycles. The van der Waals surface area contributed by atoms with Crippen molar-refractivity contribution < 1.29 is 13.2 Å². The maximum atomic E-state index is 11.4. The van der Waals surface area contributed by atoms with E-state index in [0.29, 0.717) is 5.69 Å². The van der Waals surface area contributed by atoms with Crippen molar-refractivity contribution in [2.24, 2.45) is 5.14 Å². The minimum absolute atomic E-state index is 0.0482. The zero-order valence-corrected chi connectivity index (χ0v) is 9.98. The van der Waals surface area contributed by atoms with Gasteiger partial charge in [0.1, 0.15) is 6.54 Å². The van der Waals surface area contributed by atoms with Gasteiger partial charge in [0, 0.05) is 12.7 Å². The number of carbonyl (C=O) groups excluding carboxylic acids is 1. The first-order valence-corrected chi connectivity index (χ1v) is 6.63. The number of amides is 1. The quantitative estimate of drug-likeness (QED) is 0.523. The summed E-state index contributed by atoms with van der Waals surface area (Å²) in [5.74, 6) is -0.412. The molecule has 9 heteroatoms. The molecule has 0 aliphatic carbocycles. The molecule has 96 valence electrons. The van der Waals surface area contributed by atoms with Gasteiger partial charge in [0.05, 0.1) is 17.6 Å². The summed E-state index contributed by atoms with van der Waals surface area (Å²) in [7, 11) is -3.46. The maximum Gasteiger partial charge on any atom is 0.241 e. The van der Waals surface area contributed by atoms with E-state index in [2.05, 4.69) is 10.4 Å². The van der Waals surface area contributed by atoms with E-state index in [1.54, 1.807) is 0 Å². The van der Waals surface area contributed by atoms with Crippen molar-refractivity contribution in [3.63, 3.8) is 0 Å². The summed E-state index contributed by atoms with van der Waals surface area (Å²) in [6.45, 7) is 0.304. The molecular formula is C8H15N5O3S. The molecule has 1 amide bonds. The topological polar surface area (TPSA) is 133 Å². The third kappa shape index (κ3) is 5.88. The number of aromatic nitrogens is 2. The lowest BCUT2D eigenvalue weighted by Crippen LogP contribution is -2.30. The van der Waals surface area contributed by atoms with E-state index >= 15 is 0 Å². The van der Waals surface area contributed by atoms with Gasteiger partial charge in [-0.1, -0.05) is 0 Å². The van der Waals surface area contributed by atoms with Crippen LogP contribution in [0.25, 0.3) is 0 Å². The molecule has 1 aromatic rings. The van der Waals surface area contributed by atoms with Gasteiger partial charge in [-0.2, -0.15) is 5.10 Å². The summed E-state index contributed by atoms with van der Waals surface area (Å²) in [5, 5.41) is 11.2. The highest BCUT2D eigenvalue weighted by molar-refractivity contribution is 7.89. The number of primary sulfonamides is 1. The third-order valence-corrected chi connectivity index (χ3v) is 2.74. The molecule has 0 aromatic carbocycles. The summed E-state index contributed by atoms with van der Waals surface area (Å²) >= 11 is 0. The van der Waals surface area contributed by atoms with Crippen molar-refractivity contribution in [3.05, 3.63) is 12.4 Å². The molecule has 1 rings (SSSR count). The number of rotatable bonds is 6. The van der Waals surface area contributed by atoms with Gasteiger partial charge in [0.2, 0.25) is 15.9 Å². The van der Waals surface area contributed by atoms with Gasteiger partial charge in [-0.15, -0.1) is 0 Å². The predicted molar refractivity (Wildman–Crippen MR) is 62.2 cm³/mol. The summed E-state index contributed by atoms with van der Waals surface area (Å²) in [5.41, 5.74) is 5.91. The number of anilines is 1. The maximum absolute atomic E-state index is 11.4. The molecule has 0 aliphatic rings. The van der Waals surface area contributed by atoms with E-state index in [1.165, 1.54) is 17.1 Å². The first-order valence-electron chi connectivity index (χ1n) is 4.92. The van der Waals surface area contributed by atoms with Gasteiger partial charge in [0.25, 0.3) is 0 Å². The van der Waals surface area contributed by atoms with Crippen LogP contribution in [0, 0.1) is 0 Å². The molecule has 17 heavy (non-hydrogen) atoms. The van der Waals surface area contributed by atoms with Crippen molar-refractivity contribution in [3.8, 4) is 0 Å². The van der Waals surface area contributed by atoms with Crippen LogP contribution >= 0.6 is 0 Å². The van der Waals surface area contributed by atoms with Gasteiger partial charge in [-0.25, -0.2) is 13.6 Å². The number of nitrogen functional groups attached to an aromatic ring is 1. The van der Waals surface area contributed by atoms with Crippen LogP contribution in [0.15, 0.2) is 12.4 Å². The molecule has 1 heterocycles. The second kappa shape index (κ2) is 5.64. The van der Waals surface area contributed by atoms with Crippen LogP contribution in [0.1, 0.15) is 6.42 Å². The van der Waals surface area contributed by atoms with Gasteiger partial charge in [-0.3, -0.25) is 9.48 Å². The highest BCUT2D eigenvalue weighted by Gasteiger charge is 2.05. The van der Waals surface area contributed by atoms with Gasteiger partial charge in [-0.05, 0) is 6.42 Å². The Morgan fingerprint density at radius 1 is 1.53 bits per heavy atom. The van der Waals surface area contributed by atoms with Crippen LogP contribution in [0.2, 0.25) is 0 Å². The number of nitrogens with zero attached hydrogens (tertiary/aromatic N) is 2. The summed E-state index contributed by atoms with van der Waals surface area (Å²) in [4.78, 5) is 11.4. The van der Waals surface area contributed by atoms with Crippen molar-refractivity contribution in [2.75, 3.05) is 18.0 Å². The SMILES string of the molecule is Nc1cnn(CC(=O)NCCCS(N)(=O)=O)c1. The van der Waals surface area contributed by atoms with Crippen LogP contribution in [0.3, 0.4) is 0 Å². The molecule has 5 N–H and O–H groups in total. The van der Waals surface area contributed by atoms with Crippen LogP contribution in [-0.2, 0) is 21.4 Å². The van der Waals surface area contributed by atoms with E-state index in [-0.39, 0.29) is 31.2 Å². The summed E-state index contributed by atoms with van der Waals surface area (Å²) in [6.07, 6.45) is 3.25. The predicted octanol–water partition coefficient (Wildman–Crippen LogP) is -1.74. The van der Waals surface area contributed by atoms with Crippen LogP contribution in [0.5, 0.6) is 0 Å². The fourth-order valence-corrected chi connectivity index (χ4v) is 1.72. The second-order valence-corrected chi connectivity index (χ2v) is 5.28. The molecule has 0 spiro atoms. The zero-order valence-electron chi connectivity index (χ0n) is 9.17. The molecule has 0 aliphatic heterocycles. The van der Waals surface area contributed by atoms with Gasteiger partial charge in [0.15, 0.2) is 0 Å². The fourth-order valence-electron chi connectivity index (χ4n) is 1.17. The average molecular weight is 261 g/mol. The second-order valence-electron chi connectivity index (χ2n) is 3.54. The van der Waals surface area contributed by atoms with Crippen molar-refractivity contribution in [2.45, 2.75) is 13.0 Å². The van der Waals surface area contributed by atoms with Gasteiger partial charge < -0.3 is 11.1 Å². The summed E-state index contributed by atoms with van der Waals surface area (Å²) in [6, 6.07) is 0. The lowest BCUT2D eigenvalue weighted by Gasteiger charge is -2.04. The molecular weight excluding hydrogens is 246 g/mol. The molecule has 0 fully saturated rings. The number of hydrogen-bond donors (Lipinski definition) is 3. The largest absolute Gasteiger partial charge is 0.396 e. The van der Waals surface area contributed by atoms with E-state index < -0.39 is 10.0 Å². The number of sulfonamides is 1. The molecule has 0 unspecified atom stereocenters. The Labute approximate surface area is 99.0 Å².